The average molecular weight is 833 g/mol. The Bertz CT molecular complexity index is 2310. The van der Waals surface area contributed by atoms with E-state index in [-0.39, 0.29) is 41.7 Å². The first-order chi connectivity index (χ1) is 28.6. The molecule has 3 unspecified atom stereocenters. The summed E-state index contributed by atoms with van der Waals surface area (Å²) in [4.78, 5) is 77.2. The Balaban J connectivity index is 0.745. The van der Waals surface area contributed by atoms with E-state index in [9.17, 15) is 29.2 Å². The molecule has 5 saturated heterocycles. The molecule has 3 aromatic rings. The number of hydrogen-bond acceptors (Lipinski definition) is 11. The molecule has 6 fully saturated rings. The monoisotopic (exact) mass is 832 g/mol. The maximum absolute atomic E-state index is 13.5. The van der Waals surface area contributed by atoms with Crippen molar-refractivity contribution in [1.29, 1.82) is 5.26 Å². The SMILES string of the molecule is CC1(C)C(NC(=O)c2ccc(N3CCC(CN4CC5CC(C4)N5c4ccc5c(c4)C(=O)N(C4CCC(=O)NC4=O)C5=O)CC3)nc2)C(C)(C)C1Oc1ccc(C#N)c(Cl)c1. The van der Waals surface area contributed by atoms with Gasteiger partial charge in [0.25, 0.3) is 17.7 Å². The molecule has 0 radical (unpaired) electrons. The number of nitrogens with one attached hydrogen (secondary N) is 2. The first-order valence-corrected chi connectivity index (χ1v) is 21.3. The number of piperidine rings is 3. The lowest BCUT2D eigenvalue weighted by molar-refractivity contribution is -0.164. The van der Waals surface area contributed by atoms with E-state index in [0.29, 0.717) is 51.0 Å². The van der Waals surface area contributed by atoms with Gasteiger partial charge in [-0.1, -0.05) is 39.3 Å². The molecule has 5 amide bonds. The molecule has 10 rings (SSSR count). The minimum atomic E-state index is -0.975. The summed E-state index contributed by atoms with van der Waals surface area (Å²) in [5, 5.41) is 15.1. The van der Waals surface area contributed by atoms with Crippen LogP contribution in [0.5, 0.6) is 5.75 Å². The van der Waals surface area contributed by atoms with Crippen molar-refractivity contribution in [3.05, 3.63) is 82.0 Å². The second-order valence-electron chi connectivity index (χ2n) is 18.5. The molecule has 1 aliphatic carbocycles. The van der Waals surface area contributed by atoms with Crippen LogP contribution in [0.4, 0.5) is 11.5 Å². The summed E-state index contributed by atoms with van der Waals surface area (Å²) >= 11 is 6.25. The Hall–Kier alpha value is -5.52. The molecule has 1 saturated carbocycles. The van der Waals surface area contributed by atoms with Gasteiger partial charge < -0.3 is 19.9 Å². The van der Waals surface area contributed by atoms with E-state index >= 15 is 0 Å². The van der Waals surface area contributed by atoms with Gasteiger partial charge in [0.15, 0.2) is 0 Å². The molecule has 14 nitrogen and oxygen atoms in total. The zero-order chi connectivity index (χ0) is 42.2. The van der Waals surface area contributed by atoms with Gasteiger partial charge in [-0.25, -0.2) is 4.98 Å². The number of halogens is 1. The minimum Gasteiger partial charge on any atom is -0.489 e. The number of rotatable bonds is 9. The standard InChI is InChI=1S/C45H49ClN8O6/c1-44(2)42(45(3,4)43(44)60-31-8-5-26(20-47)34(46)19-31)50-38(56)27-6-11-36(48-21-27)52-15-13-25(14-16-52)22-51-23-29-17-30(24-51)53(29)28-7-9-32-33(18-28)41(59)54(40(32)58)35-10-12-37(55)49-39(35)57/h5-9,11,18-19,21,25,29-30,35,42-43H,10,12-17,22-24H2,1-4H3,(H,50,56)(H,49,55,57). The van der Waals surface area contributed by atoms with Crippen LogP contribution in [0.2, 0.25) is 5.02 Å². The lowest BCUT2D eigenvalue weighted by Gasteiger charge is -2.63. The molecule has 3 atom stereocenters. The number of anilines is 2. The molecular weight excluding hydrogens is 784 g/mol. The van der Waals surface area contributed by atoms with Gasteiger partial charge in [-0.15, -0.1) is 0 Å². The van der Waals surface area contributed by atoms with Crippen LogP contribution in [-0.2, 0) is 9.59 Å². The quantitative estimate of drug-likeness (QED) is 0.285. The summed E-state index contributed by atoms with van der Waals surface area (Å²) in [5.74, 6) is -0.112. The summed E-state index contributed by atoms with van der Waals surface area (Å²) < 4.78 is 6.38. The molecule has 0 spiro atoms. The number of fused-ring (bicyclic) bond motifs is 3. The number of amides is 5. The average Bonchev–Trinajstić information content (AvgIpc) is 3.46. The van der Waals surface area contributed by atoms with Crippen molar-refractivity contribution in [2.75, 3.05) is 42.5 Å². The number of carbonyl (C=O) groups excluding carboxylic acids is 5. The number of nitriles is 1. The highest BCUT2D eigenvalue weighted by Gasteiger charge is 2.64. The van der Waals surface area contributed by atoms with E-state index in [4.69, 9.17) is 21.3 Å². The normalized spacial score (nSPS) is 27.1. The van der Waals surface area contributed by atoms with Gasteiger partial charge in [0.1, 0.15) is 29.8 Å². The van der Waals surface area contributed by atoms with Crippen LogP contribution in [0.1, 0.15) is 96.4 Å². The highest BCUT2D eigenvalue weighted by molar-refractivity contribution is 6.31. The molecule has 7 aliphatic rings. The smallest absolute Gasteiger partial charge is 0.262 e. The van der Waals surface area contributed by atoms with Gasteiger partial charge in [-0.05, 0) is 74.1 Å². The van der Waals surface area contributed by atoms with Crippen LogP contribution >= 0.6 is 11.6 Å². The lowest BCUT2D eigenvalue weighted by atomic mass is 9.49. The van der Waals surface area contributed by atoms with E-state index in [1.54, 1.807) is 36.5 Å². The third-order valence-corrected chi connectivity index (χ3v) is 14.2. The Kier molecular flexibility index (Phi) is 9.90. The minimum absolute atomic E-state index is 0.0907. The predicted molar refractivity (Wildman–Crippen MR) is 223 cm³/mol. The lowest BCUT2D eigenvalue weighted by Crippen LogP contribution is -2.74. The zero-order valence-electron chi connectivity index (χ0n) is 34.2. The van der Waals surface area contributed by atoms with Gasteiger partial charge in [0.05, 0.1) is 27.3 Å². The largest absolute Gasteiger partial charge is 0.489 e. The Morgan fingerprint density at radius 3 is 2.32 bits per heavy atom. The van der Waals surface area contributed by atoms with Crippen molar-refractivity contribution in [3.63, 3.8) is 0 Å². The highest BCUT2D eigenvalue weighted by atomic mass is 35.5. The second-order valence-corrected chi connectivity index (χ2v) is 18.9. The van der Waals surface area contributed by atoms with Crippen LogP contribution in [0.15, 0.2) is 54.7 Å². The van der Waals surface area contributed by atoms with Crippen molar-refractivity contribution in [2.24, 2.45) is 16.7 Å². The van der Waals surface area contributed by atoms with Crippen LogP contribution < -0.4 is 25.2 Å². The van der Waals surface area contributed by atoms with Crippen LogP contribution in [0.25, 0.3) is 0 Å². The first-order valence-electron chi connectivity index (χ1n) is 20.9. The molecule has 312 valence electrons. The molecule has 15 heteroatoms. The van der Waals surface area contributed by atoms with Gasteiger partial charge in [0, 0.05) is 86.1 Å². The zero-order valence-corrected chi connectivity index (χ0v) is 35.0. The maximum atomic E-state index is 13.5. The molecule has 6 aliphatic heterocycles. The van der Waals surface area contributed by atoms with E-state index in [1.165, 1.54) is 0 Å². The maximum Gasteiger partial charge on any atom is 0.262 e. The van der Waals surface area contributed by atoms with Crippen molar-refractivity contribution in [3.8, 4) is 11.8 Å². The number of ether oxygens (including phenoxy) is 1. The van der Waals surface area contributed by atoms with Gasteiger partial charge in [-0.3, -0.25) is 39.1 Å². The number of imide groups is 2. The summed E-state index contributed by atoms with van der Waals surface area (Å²) in [6.45, 7) is 13.0. The topological polar surface area (TPSA) is 168 Å². The fraction of sp³-hybridized carbons (Fsp3) is 0.489. The number of nitrogens with zero attached hydrogens (tertiary/aromatic N) is 6. The summed E-state index contributed by atoms with van der Waals surface area (Å²) in [6.07, 6.45) is 4.88. The molecule has 2 N–H and O–H groups in total. The summed E-state index contributed by atoms with van der Waals surface area (Å²) in [6, 6.07) is 15.9. The van der Waals surface area contributed by atoms with Crippen LogP contribution in [0.3, 0.4) is 0 Å². The highest BCUT2D eigenvalue weighted by Crippen LogP contribution is 2.55. The van der Waals surface area contributed by atoms with Gasteiger partial charge in [0.2, 0.25) is 11.8 Å². The molecular formula is C45H49ClN8O6. The fourth-order valence-electron chi connectivity index (χ4n) is 11.1. The molecule has 60 heavy (non-hydrogen) atoms. The van der Waals surface area contributed by atoms with E-state index in [2.05, 4.69) is 59.1 Å². The van der Waals surface area contributed by atoms with Gasteiger partial charge in [-0.2, -0.15) is 5.26 Å². The first kappa shape index (κ1) is 39.9. The number of pyridine rings is 1. The summed E-state index contributed by atoms with van der Waals surface area (Å²) in [5.41, 5.74) is 1.70. The molecule has 1 aromatic heterocycles. The third kappa shape index (κ3) is 6.76. The number of piperazine rings is 1. The Morgan fingerprint density at radius 1 is 0.950 bits per heavy atom. The number of carbonyl (C=O) groups is 5. The fourth-order valence-corrected chi connectivity index (χ4v) is 11.3. The molecule has 7 heterocycles. The van der Waals surface area contributed by atoms with E-state index < -0.39 is 29.7 Å². The number of aromatic nitrogens is 1. The third-order valence-electron chi connectivity index (χ3n) is 13.9. The number of benzene rings is 2. The number of hydrogen-bond donors (Lipinski definition) is 2. The van der Waals surface area contributed by atoms with Crippen molar-refractivity contribution < 1.29 is 28.7 Å². The van der Waals surface area contributed by atoms with Crippen LogP contribution in [-0.4, -0.2) is 107 Å². The Labute approximate surface area is 354 Å². The molecule has 2 aromatic carbocycles. The van der Waals surface area contributed by atoms with Crippen molar-refractivity contribution in [2.45, 2.75) is 90.1 Å². The Morgan fingerprint density at radius 2 is 1.67 bits per heavy atom. The van der Waals surface area contributed by atoms with Gasteiger partial charge >= 0.3 is 0 Å². The van der Waals surface area contributed by atoms with Crippen molar-refractivity contribution >= 4 is 52.6 Å². The molecule has 2 bridgehead atoms. The van der Waals surface area contributed by atoms with Crippen molar-refractivity contribution in [1.82, 2.24) is 25.4 Å². The van der Waals surface area contributed by atoms with E-state index in [1.807, 2.05) is 18.2 Å². The van der Waals surface area contributed by atoms with E-state index in [0.717, 1.165) is 68.4 Å². The summed E-state index contributed by atoms with van der Waals surface area (Å²) in [7, 11) is 0. The van der Waals surface area contributed by atoms with Crippen LogP contribution in [0, 0.1) is 28.1 Å². The predicted octanol–water partition coefficient (Wildman–Crippen LogP) is 4.80. The second kappa shape index (κ2) is 14.9.